The maximum absolute atomic E-state index is 11.9. The Morgan fingerprint density at radius 1 is 1.21 bits per heavy atom. The van der Waals surface area contributed by atoms with Crippen LogP contribution in [0.2, 0.25) is 0 Å². The van der Waals surface area contributed by atoms with Crippen molar-refractivity contribution in [3.8, 4) is 0 Å². The maximum atomic E-state index is 11.9. The van der Waals surface area contributed by atoms with E-state index in [2.05, 4.69) is 10.1 Å². The molecular formula is C14H19N3OS. The van der Waals surface area contributed by atoms with Crippen LogP contribution in [-0.4, -0.2) is 14.6 Å². The van der Waals surface area contributed by atoms with E-state index in [0.29, 0.717) is 5.92 Å². The smallest absolute Gasteiger partial charge is 0.267 e. The van der Waals surface area contributed by atoms with Crippen molar-refractivity contribution in [3.05, 3.63) is 27.1 Å². The molecule has 1 aliphatic carbocycles. The Morgan fingerprint density at radius 2 is 1.89 bits per heavy atom. The van der Waals surface area contributed by atoms with Crippen molar-refractivity contribution in [2.24, 2.45) is 0 Å². The van der Waals surface area contributed by atoms with Crippen LogP contribution in [-0.2, 0) is 0 Å². The van der Waals surface area contributed by atoms with Gasteiger partial charge in [0.05, 0.1) is 0 Å². The number of nitrogens with zero attached hydrogens (tertiary/aromatic N) is 3. The lowest BCUT2D eigenvalue weighted by Gasteiger charge is -2.16. The first kappa shape index (κ1) is 12.8. The van der Waals surface area contributed by atoms with Crippen LogP contribution in [0.25, 0.3) is 4.96 Å². The second-order valence-electron chi connectivity index (χ2n) is 5.41. The fourth-order valence-electron chi connectivity index (χ4n) is 2.80. The van der Waals surface area contributed by atoms with Crippen molar-refractivity contribution >= 4 is 16.3 Å². The highest BCUT2D eigenvalue weighted by Gasteiger charge is 2.18. The molecule has 19 heavy (non-hydrogen) atoms. The summed E-state index contributed by atoms with van der Waals surface area (Å²) in [5.41, 5.74) is 0.716. The van der Waals surface area contributed by atoms with E-state index in [1.807, 2.05) is 6.92 Å². The third-order valence-electron chi connectivity index (χ3n) is 3.84. The molecule has 102 valence electrons. The molecule has 0 N–H and O–H groups in total. The highest BCUT2D eigenvalue weighted by molar-refractivity contribution is 7.16. The molecule has 4 nitrogen and oxygen atoms in total. The first-order valence-electron chi connectivity index (χ1n) is 7.11. The van der Waals surface area contributed by atoms with E-state index in [1.165, 1.54) is 49.5 Å². The van der Waals surface area contributed by atoms with E-state index in [4.69, 9.17) is 0 Å². The van der Waals surface area contributed by atoms with E-state index in [1.54, 1.807) is 17.4 Å². The van der Waals surface area contributed by atoms with Gasteiger partial charge in [-0.05, 0) is 19.8 Å². The molecule has 0 unspecified atom stereocenters. The zero-order valence-corrected chi connectivity index (χ0v) is 12.1. The van der Waals surface area contributed by atoms with E-state index < -0.39 is 0 Å². The molecule has 2 heterocycles. The molecule has 0 atom stereocenters. The standard InChI is InChI=1S/C14H19N3OS/c1-10-9-12(18)17-14(15-10)19-13(16-17)11-7-5-3-2-4-6-8-11/h9,11H,2-8H2,1H3. The van der Waals surface area contributed by atoms with Crippen LogP contribution < -0.4 is 5.56 Å². The van der Waals surface area contributed by atoms with Crippen LogP contribution in [0.15, 0.2) is 10.9 Å². The van der Waals surface area contributed by atoms with E-state index >= 15 is 0 Å². The summed E-state index contributed by atoms with van der Waals surface area (Å²) in [5.74, 6) is 0.520. The summed E-state index contributed by atoms with van der Waals surface area (Å²) in [7, 11) is 0. The van der Waals surface area contributed by atoms with Crippen LogP contribution in [0.1, 0.15) is 61.6 Å². The van der Waals surface area contributed by atoms with Gasteiger partial charge in [-0.1, -0.05) is 43.4 Å². The highest BCUT2D eigenvalue weighted by atomic mass is 32.1. The fraction of sp³-hybridized carbons (Fsp3) is 0.643. The molecule has 0 aromatic carbocycles. The molecule has 1 saturated carbocycles. The number of rotatable bonds is 1. The number of aryl methyl sites for hydroxylation is 1. The average Bonchev–Trinajstić information content (AvgIpc) is 2.72. The number of aromatic nitrogens is 3. The zero-order valence-electron chi connectivity index (χ0n) is 11.3. The normalized spacial score (nSPS) is 18.4. The molecule has 0 radical (unpaired) electrons. The molecule has 1 aliphatic rings. The number of fused-ring (bicyclic) bond motifs is 1. The van der Waals surface area contributed by atoms with Gasteiger partial charge in [0.15, 0.2) is 0 Å². The van der Waals surface area contributed by atoms with Crippen LogP contribution in [0.4, 0.5) is 0 Å². The summed E-state index contributed by atoms with van der Waals surface area (Å²) < 4.78 is 1.46. The van der Waals surface area contributed by atoms with E-state index in [9.17, 15) is 4.79 Å². The predicted molar refractivity (Wildman–Crippen MR) is 76.9 cm³/mol. The second kappa shape index (κ2) is 5.41. The van der Waals surface area contributed by atoms with Gasteiger partial charge in [0.2, 0.25) is 4.96 Å². The zero-order chi connectivity index (χ0) is 13.2. The SMILES string of the molecule is Cc1cc(=O)n2nc(C3CCCCCCC3)sc2n1. The fourth-order valence-corrected chi connectivity index (χ4v) is 3.92. The summed E-state index contributed by atoms with van der Waals surface area (Å²) in [4.78, 5) is 17.0. The molecule has 0 spiro atoms. The highest BCUT2D eigenvalue weighted by Crippen LogP contribution is 2.32. The van der Waals surface area contributed by atoms with Crippen LogP contribution in [0, 0.1) is 6.92 Å². The molecule has 0 aliphatic heterocycles. The predicted octanol–water partition coefficient (Wildman–Crippen LogP) is 3.29. The average molecular weight is 277 g/mol. The number of hydrogen-bond acceptors (Lipinski definition) is 4. The summed E-state index contributed by atoms with van der Waals surface area (Å²) in [6.07, 6.45) is 9.00. The molecule has 2 aromatic rings. The Bertz CT molecular complexity index is 623. The van der Waals surface area contributed by atoms with Crippen LogP contribution in [0.5, 0.6) is 0 Å². The third-order valence-corrected chi connectivity index (χ3v) is 4.91. The second-order valence-corrected chi connectivity index (χ2v) is 6.40. The Hall–Kier alpha value is -1.23. The summed E-state index contributed by atoms with van der Waals surface area (Å²) in [6, 6.07) is 1.55. The van der Waals surface area contributed by atoms with Crippen molar-refractivity contribution in [2.75, 3.05) is 0 Å². The minimum Gasteiger partial charge on any atom is -0.267 e. The van der Waals surface area contributed by atoms with E-state index in [-0.39, 0.29) is 5.56 Å². The number of hydrogen-bond donors (Lipinski definition) is 0. The Labute approximate surface area is 116 Å². The monoisotopic (exact) mass is 277 g/mol. The molecular weight excluding hydrogens is 258 g/mol. The van der Waals surface area contributed by atoms with Gasteiger partial charge in [-0.3, -0.25) is 4.79 Å². The van der Waals surface area contributed by atoms with Crippen molar-refractivity contribution in [1.29, 1.82) is 0 Å². The van der Waals surface area contributed by atoms with Crippen molar-refractivity contribution < 1.29 is 0 Å². The molecule has 0 saturated heterocycles. The lowest BCUT2D eigenvalue weighted by atomic mass is 9.92. The minimum absolute atomic E-state index is 0.0594. The summed E-state index contributed by atoms with van der Waals surface area (Å²) in [6.45, 7) is 1.86. The van der Waals surface area contributed by atoms with E-state index in [0.717, 1.165) is 15.7 Å². The quantitative estimate of drug-likeness (QED) is 0.803. The largest absolute Gasteiger partial charge is 0.275 e. The first-order chi connectivity index (χ1) is 9.24. The summed E-state index contributed by atoms with van der Waals surface area (Å²) in [5, 5.41) is 5.60. The molecule has 2 aromatic heterocycles. The lowest BCUT2D eigenvalue weighted by Crippen LogP contribution is -2.14. The van der Waals surface area contributed by atoms with Gasteiger partial charge in [-0.15, -0.1) is 0 Å². The molecule has 3 rings (SSSR count). The molecule has 1 fully saturated rings. The van der Waals surface area contributed by atoms with Crippen LogP contribution >= 0.6 is 11.3 Å². The van der Waals surface area contributed by atoms with Gasteiger partial charge in [-0.25, -0.2) is 4.98 Å². The van der Waals surface area contributed by atoms with Gasteiger partial charge in [-0.2, -0.15) is 9.61 Å². The van der Waals surface area contributed by atoms with Crippen molar-refractivity contribution in [2.45, 2.75) is 57.8 Å². The maximum Gasteiger partial charge on any atom is 0.275 e. The van der Waals surface area contributed by atoms with Gasteiger partial charge in [0.1, 0.15) is 5.01 Å². The van der Waals surface area contributed by atoms with Gasteiger partial charge in [0.25, 0.3) is 5.56 Å². The third kappa shape index (κ3) is 2.71. The topological polar surface area (TPSA) is 47.3 Å². The van der Waals surface area contributed by atoms with Gasteiger partial charge < -0.3 is 0 Å². The summed E-state index contributed by atoms with van der Waals surface area (Å²) >= 11 is 1.59. The minimum atomic E-state index is -0.0594. The Morgan fingerprint density at radius 3 is 2.63 bits per heavy atom. The first-order valence-corrected chi connectivity index (χ1v) is 7.93. The van der Waals surface area contributed by atoms with Crippen molar-refractivity contribution in [1.82, 2.24) is 14.6 Å². The molecule has 0 bridgehead atoms. The van der Waals surface area contributed by atoms with Gasteiger partial charge >= 0.3 is 0 Å². The lowest BCUT2D eigenvalue weighted by molar-refractivity contribution is 0.452. The van der Waals surface area contributed by atoms with Crippen LogP contribution in [0.3, 0.4) is 0 Å². The Balaban J connectivity index is 1.95. The molecule has 0 amide bonds. The van der Waals surface area contributed by atoms with Crippen molar-refractivity contribution in [3.63, 3.8) is 0 Å². The van der Waals surface area contributed by atoms with Gasteiger partial charge in [0, 0.05) is 17.7 Å². The Kier molecular flexibility index (Phi) is 3.64. The molecule has 5 heteroatoms.